The van der Waals surface area contributed by atoms with Crippen molar-refractivity contribution in [3.63, 3.8) is 0 Å². The molecule has 0 aromatic heterocycles. The molecule has 0 unspecified atom stereocenters. The fraction of sp³-hybridized carbons (Fsp3) is 0.222. The van der Waals surface area contributed by atoms with Crippen molar-refractivity contribution in [2.24, 2.45) is 0 Å². The summed E-state index contributed by atoms with van der Waals surface area (Å²) in [5.41, 5.74) is -0.579. The van der Waals surface area contributed by atoms with Crippen molar-refractivity contribution in [2.45, 2.75) is 6.92 Å². The first-order valence-electron chi connectivity index (χ1n) is 4.22. The van der Waals surface area contributed by atoms with Crippen molar-refractivity contribution in [1.82, 2.24) is 0 Å². The zero-order chi connectivity index (χ0) is 12.5. The van der Waals surface area contributed by atoms with Gasteiger partial charge in [-0.2, -0.15) is 0 Å². The maximum Gasteiger partial charge on any atom is 0.337 e. The van der Waals surface area contributed by atoms with Crippen LogP contribution in [0.15, 0.2) is 12.1 Å². The molecule has 0 fully saturated rings. The van der Waals surface area contributed by atoms with Crippen LogP contribution in [0.4, 0.5) is 10.1 Å². The number of benzene rings is 1. The topological polar surface area (TPSA) is 83.5 Å². The zero-order valence-electron chi connectivity index (χ0n) is 8.61. The number of halogens is 1. The van der Waals surface area contributed by atoms with Gasteiger partial charge in [0, 0.05) is 5.56 Å². The summed E-state index contributed by atoms with van der Waals surface area (Å²) in [5.74, 6) is -1.99. The van der Waals surface area contributed by atoms with Crippen molar-refractivity contribution in [2.75, 3.05) is 11.0 Å². The molecule has 0 saturated carbocycles. The Bertz CT molecular complexity index is 539. The van der Waals surface area contributed by atoms with Crippen LogP contribution in [0.3, 0.4) is 0 Å². The van der Waals surface area contributed by atoms with E-state index in [0.29, 0.717) is 0 Å². The van der Waals surface area contributed by atoms with Gasteiger partial charge < -0.3 is 5.11 Å². The SMILES string of the molecule is Cc1c(F)ccc(C(=O)O)c1NS(C)(=O)=O. The van der Waals surface area contributed by atoms with E-state index in [1.54, 1.807) is 0 Å². The third-order valence-corrected chi connectivity index (χ3v) is 2.49. The summed E-state index contributed by atoms with van der Waals surface area (Å²) in [6, 6.07) is 1.99. The maximum absolute atomic E-state index is 13.2. The van der Waals surface area contributed by atoms with E-state index in [-0.39, 0.29) is 16.8 Å². The number of aromatic carboxylic acids is 1. The summed E-state index contributed by atoms with van der Waals surface area (Å²) >= 11 is 0. The van der Waals surface area contributed by atoms with E-state index in [1.807, 2.05) is 4.72 Å². The van der Waals surface area contributed by atoms with E-state index < -0.39 is 21.8 Å². The molecule has 0 bridgehead atoms. The minimum Gasteiger partial charge on any atom is -0.478 e. The lowest BCUT2D eigenvalue weighted by Gasteiger charge is -2.11. The Hall–Kier alpha value is -1.63. The molecule has 88 valence electrons. The first-order chi connectivity index (χ1) is 7.22. The molecule has 0 heterocycles. The lowest BCUT2D eigenvalue weighted by Crippen LogP contribution is -2.15. The Morgan fingerprint density at radius 3 is 2.44 bits per heavy atom. The van der Waals surface area contributed by atoms with Gasteiger partial charge in [-0.3, -0.25) is 4.72 Å². The van der Waals surface area contributed by atoms with Crippen LogP contribution in [0, 0.1) is 12.7 Å². The summed E-state index contributed by atoms with van der Waals surface area (Å²) < 4.78 is 37.2. The van der Waals surface area contributed by atoms with E-state index in [4.69, 9.17) is 5.11 Å². The number of sulfonamides is 1. The number of anilines is 1. The largest absolute Gasteiger partial charge is 0.478 e. The highest BCUT2D eigenvalue weighted by atomic mass is 32.2. The predicted octanol–water partition coefficient (Wildman–Crippen LogP) is 1.20. The smallest absolute Gasteiger partial charge is 0.337 e. The van der Waals surface area contributed by atoms with Gasteiger partial charge in [0.2, 0.25) is 10.0 Å². The molecule has 5 nitrogen and oxygen atoms in total. The monoisotopic (exact) mass is 247 g/mol. The number of hydrogen-bond acceptors (Lipinski definition) is 3. The second-order valence-corrected chi connectivity index (χ2v) is 5.02. The fourth-order valence-electron chi connectivity index (χ4n) is 1.18. The van der Waals surface area contributed by atoms with Gasteiger partial charge >= 0.3 is 5.97 Å². The Morgan fingerprint density at radius 1 is 1.44 bits per heavy atom. The Labute approximate surface area is 92.0 Å². The number of nitrogens with one attached hydrogen (secondary N) is 1. The number of hydrogen-bond donors (Lipinski definition) is 2. The van der Waals surface area contributed by atoms with Gasteiger partial charge in [-0.15, -0.1) is 0 Å². The standard InChI is InChI=1S/C9H10FNO4S/c1-5-7(10)4-3-6(9(12)13)8(5)11-16(2,14)15/h3-4,11H,1-2H3,(H,12,13). The minimum atomic E-state index is -3.65. The van der Waals surface area contributed by atoms with Gasteiger partial charge in [0.05, 0.1) is 17.5 Å². The first kappa shape index (κ1) is 12.4. The van der Waals surface area contributed by atoms with Gasteiger partial charge in [-0.25, -0.2) is 17.6 Å². The van der Waals surface area contributed by atoms with Gasteiger partial charge in [0.15, 0.2) is 0 Å². The van der Waals surface area contributed by atoms with Crippen LogP contribution >= 0.6 is 0 Å². The van der Waals surface area contributed by atoms with Gasteiger partial charge in [0.1, 0.15) is 5.82 Å². The van der Waals surface area contributed by atoms with E-state index in [1.165, 1.54) is 6.92 Å². The van der Waals surface area contributed by atoms with Crippen LogP contribution in [0.5, 0.6) is 0 Å². The molecule has 0 aliphatic rings. The Kier molecular flexibility index (Phi) is 3.18. The molecule has 7 heteroatoms. The van der Waals surface area contributed by atoms with Crippen LogP contribution in [0.25, 0.3) is 0 Å². The first-order valence-corrected chi connectivity index (χ1v) is 6.11. The van der Waals surface area contributed by atoms with Crippen molar-refractivity contribution < 1.29 is 22.7 Å². The predicted molar refractivity (Wildman–Crippen MR) is 56.6 cm³/mol. The molecule has 1 rings (SSSR count). The Morgan fingerprint density at radius 2 is 2.00 bits per heavy atom. The van der Waals surface area contributed by atoms with E-state index in [2.05, 4.69) is 0 Å². The highest BCUT2D eigenvalue weighted by Gasteiger charge is 2.17. The average molecular weight is 247 g/mol. The average Bonchev–Trinajstić information content (AvgIpc) is 2.10. The lowest BCUT2D eigenvalue weighted by molar-refractivity contribution is 0.0698. The molecule has 2 N–H and O–H groups in total. The van der Waals surface area contributed by atoms with Crippen molar-refractivity contribution in [3.05, 3.63) is 29.1 Å². The molecule has 16 heavy (non-hydrogen) atoms. The molecule has 0 aliphatic heterocycles. The fourth-order valence-corrected chi connectivity index (χ4v) is 1.82. The summed E-state index contributed by atoms with van der Waals surface area (Å²) in [4.78, 5) is 10.8. The number of carboxylic acid groups (broad SMARTS) is 1. The second-order valence-electron chi connectivity index (χ2n) is 3.27. The highest BCUT2D eigenvalue weighted by Crippen LogP contribution is 2.24. The summed E-state index contributed by atoms with van der Waals surface area (Å²) in [7, 11) is -3.65. The minimum absolute atomic E-state index is 0.0506. The molecule has 0 aliphatic carbocycles. The van der Waals surface area contributed by atoms with Crippen LogP contribution in [-0.2, 0) is 10.0 Å². The van der Waals surface area contributed by atoms with Crippen molar-refractivity contribution >= 4 is 21.7 Å². The Balaban J connectivity index is 3.44. The normalized spacial score (nSPS) is 11.2. The van der Waals surface area contributed by atoms with Crippen LogP contribution in [0.1, 0.15) is 15.9 Å². The molecule has 0 saturated heterocycles. The van der Waals surface area contributed by atoms with Crippen molar-refractivity contribution in [1.29, 1.82) is 0 Å². The maximum atomic E-state index is 13.2. The molecule has 0 amide bonds. The zero-order valence-corrected chi connectivity index (χ0v) is 9.43. The molecule has 1 aromatic rings. The number of carbonyl (C=O) groups is 1. The second kappa shape index (κ2) is 4.09. The molecule has 0 radical (unpaired) electrons. The lowest BCUT2D eigenvalue weighted by atomic mass is 10.1. The van der Waals surface area contributed by atoms with Crippen LogP contribution in [0.2, 0.25) is 0 Å². The van der Waals surface area contributed by atoms with Gasteiger partial charge in [-0.1, -0.05) is 0 Å². The molecule has 1 aromatic carbocycles. The van der Waals surface area contributed by atoms with E-state index >= 15 is 0 Å². The van der Waals surface area contributed by atoms with E-state index in [0.717, 1.165) is 18.4 Å². The number of rotatable bonds is 3. The van der Waals surface area contributed by atoms with Gasteiger partial charge in [-0.05, 0) is 19.1 Å². The van der Waals surface area contributed by atoms with Crippen molar-refractivity contribution in [3.8, 4) is 0 Å². The summed E-state index contributed by atoms with van der Waals surface area (Å²) in [6.45, 7) is 1.30. The molecular formula is C9H10FNO4S. The quantitative estimate of drug-likeness (QED) is 0.840. The molecule has 0 atom stereocenters. The van der Waals surface area contributed by atoms with E-state index in [9.17, 15) is 17.6 Å². The molecule has 0 spiro atoms. The summed E-state index contributed by atoms with van der Waals surface area (Å²) in [6.07, 6.45) is 0.864. The van der Waals surface area contributed by atoms with Crippen LogP contribution in [-0.4, -0.2) is 25.7 Å². The molecular weight excluding hydrogens is 237 g/mol. The third-order valence-electron chi connectivity index (χ3n) is 1.92. The van der Waals surface area contributed by atoms with Crippen LogP contribution < -0.4 is 4.72 Å². The highest BCUT2D eigenvalue weighted by molar-refractivity contribution is 7.92. The third kappa shape index (κ3) is 2.69. The van der Waals surface area contributed by atoms with Gasteiger partial charge in [0.25, 0.3) is 0 Å². The summed E-state index contributed by atoms with van der Waals surface area (Å²) in [5, 5.41) is 8.82. The number of carboxylic acids is 1.